The van der Waals surface area contributed by atoms with Gasteiger partial charge in [-0.3, -0.25) is 4.79 Å². The molecule has 5 rings (SSSR count). The highest BCUT2D eigenvalue weighted by molar-refractivity contribution is 7.90. The standard InChI is InChI=1S/C32H28Cl2N2O4S/c1-20-17-25(18-21(2)30(20)34)40-16-6-9-28-27-15-12-24(33)19-29(27)35-31(28)32(37)36-41(38,39)26-13-10-23(11-14-26)22-7-4-3-5-8-22/h3-5,7-8,10-15,17-19,35H,6,9,16H2,1-2H3,(H,36,37). The third-order valence-corrected chi connectivity index (χ3v) is 9.02. The molecule has 1 heterocycles. The molecule has 0 bridgehead atoms. The average Bonchev–Trinajstić information content (AvgIpc) is 3.32. The maximum absolute atomic E-state index is 13.4. The number of halogens is 2. The van der Waals surface area contributed by atoms with E-state index < -0.39 is 15.9 Å². The van der Waals surface area contributed by atoms with Gasteiger partial charge in [-0.1, -0.05) is 71.7 Å². The van der Waals surface area contributed by atoms with E-state index in [0.29, 0.717) is 40.6 Å². The first-order valence-corrected chi connectivity index (χ1v) is 15.3. The number of carbonyl (C=O) groups excluding carboxylic acids is 1. The summed E-state index contributed by atoms with van der Waals surface area (Å²) in [6.07, 6.45) is 1.06. The molecule has 6 nitrogen and oxygen atoms in total. The van der Waals surface area contributed by atoms with Crippen molar-refractivity contribution >= 4 is 50.0 Å². The number of carbonyl (C=O) groups is 1. The van der Waals surface area contributed by atoms with Crippen molar-refractivity contribution in [1.29, 1.82) is 0 Å². The summed E-state index contributed by atoms with van der Waals surface area (Å²) in [6.45, 7) is 4.25. The Labute approximate surface area is 249 Å². The molecule has 0 radical (unpaired) electrons. The molecule has 5 aromatic rings. The van der Waals surface area contributed by atoms with E-state index in [1.54, 1.807) is 24.3 Å². The summed E-state index contributed by atoms with van der Waals surface area (Å²) in [5.41, 5.74) is 5.21. The Bertz CT molecular complexity index is 1810. The van der Waals surface area contributed by atoms with Crippen LogP contribution in [-0.4, -0.2) is 25.9 Å². The normalized spacial score (nSPS) is 11.5. The molecule has 0 aliphatic heterocycles. The summed E-state index contributed by atoms with van der Waals surface area (Å²) in [4.78, 5) is 16.4. The SMILES string of the molecule is Cc1cc(OCCCc2c(C(=O)NS(=O)(=O)c3ccc(-c4ccccc4)cc3)[nH]c3cc(Cl)ccc23)cc(C)c1Cl. The number of aromatic nitrogens is 1. The fraction of sp³-hybridized carbons (Fsp3) is 0.156. The van der Waals surface area contributed by atoms with Crippen molar-refractivity contribution in [3.63, 3.8) is 0 Å². The lowest BCUT2D eigenvalue weighted by molar-refractivity contribution is 0.0976. The van der Waals surface area contributed by atoms with E-state index in [1.807, 2.05) is 62.4 Å². The minimum absolute atomic E-state index is 0.00631. The van der Waals surface area contributed by atoms with Crippen molar-refractivity contribution < 1.29 is 17.9 Å². The Morgan fingerprint density at radius 1 is 0.878 bits per heavy atom. The number of benzene rings is 4. The molecule has 210 valence electrons. The van der Waals surface area contributed by atoms with Gasteiger partial charge in [-0.2, -0.15) is 0 Å². The number of H-pyrrole nitrogens is 1. The lowest BCUT2D eigenvalue weighted by Gasteiger charge is -2.11. The first-order valence-electron chi connectivity index (χ1n) is 13.0. The van der Waals surface area contributed by atoms with E-state index in [0.717, 1.165) is 33.4 Å². The molecule has 0 atom stereocenters. The summed E-state index contributed by atoms with van der Waals surface area (Å²) in [5.74, 6) is -0.0261. The maximum Gasteiger partial charge on any atom is 0.281 e. The largest absolute Gasteiger partial charge is 0.494 e. The van der Waals surface area contributed by atoms with E-state index in [2.05, 4.69) is 9.71 Å². The summed E-state index contributed by atoms with van der Waals surface area (Å²) >= 11 is 12.4. The van der Waals surface area contributed by atoms with Gasteiger partial charge in [-0.05, 0) is 90.9 Å². The fourth-order valence-electron chi connectivity index (χ4n) is 4.80. The van der Waals surface area contributed by atoms with Crippen LogP contribution in [0.4, 0.5) is 0 Å². The Kier molecular flexibility index (Phi) is 8.40. The van der Waals surface area contributed by atoms with Crippen LogP contribution in [0.2, 0.25) is 10.0 Å². The summed E-state index contributed by atoms with van der Waals surface area (Å²) < 4.78 is 34.5. The van der Waals surface area contributed by atoms with Crippen LogP contribution in [0.25, 0.3) is 22.0 Å². The van der Waals surface area contributed by atoms with Crippen molar-refractivity contribution in [2.24, 2.45) is 0 Å². The molecular formula is C32H28Cl2N2O4S. The number of hydrogen-bond acceptors (Lipinski definition) is 4. The first kappa shape index (κ1) is 28.7. The number of sulfonamides is 1. The molecule has 41 heavy (non-hydrogen) atoms. The summed E-state index contributed by atoms with van der Waals surface area (Å²) in [5, 5.41) is 2.01. The van der Waals surface area contributed by atoms with Gasteiger partial charge in [-0.25, -0.2) is 13.1 Å². The minimum Gasteiger partial charge on any atom is -0.494 e. The van der Waals surface area contributed by atoms with Crippen molar-refractivity contribution in [2.75, 3.05) is 6.61 Å². The van der Waals surface area contributed by atoms with Crippen LogP contribution in [-0.2, 0) is 16.4 Å². The molecule has 0 spiro atoms. The van der Waals surface area contributed by atoms with E-state index in [9.17, 15) is 13.2 Å². The number of fused-ring (bicyclic) bond motifs is 1. The number of rotatable bonds is 9. The molecule has 1 amide bonds. The van der Waals surface area contributed by atoms with Gasteiger partial charge in [-0.15, -0.1) is 0 Å². The lowest BCUT2D eigenvalue weighted by atomic mass is 10.1. The van der Waals surface area contributed by atoms with E-state index in [4.69, 9.17) is 27.9 Å². The zero-order valence-corrected chi connectivity index (χ0v) is 24.8. The quantitative estimate of drug-likeness (QED) is 0.167. The highest BCUT2D eigenvalue weighted by Gasteiger charge is 2.24. The van der Waals surface area contributed by atoms with Crippen LogP contribution in [0.15, 0.2) is 89.8 Å². The number of aromatic amines is 1. The molecule has 0 aliphatic rings. The third-order valence-electron chi connectivity index (χ3n) is 6.84. The monoisotopic (exact) mass is 606 g/mol. The molecule has 2 N–H and O–H groups in total. The van der Waals surface area contributed by atoms with Crippen LogP contribution in [0, 0.1) is 13.8 Å². The predicted molar refractivity (Wildman–Crippen MR) is 165 cm³/mol. The molecule has 0 saturated carbocycles. The van der Waals surface area contributed by atoms with Crippen LogP contribution >= 0.6 is 23.2 Å². The highest BCUT2D eigenvalue weighted by Crippen LogP contribution is 2.29. The van der Waals surface area contributed by atoms with Crippen molar-refractivity contribution in [2.45, 2.75) is 31.6 Å². The molecule has 0 aliphatic carbocycles. The highest BCUT2D eigenvalue weighted by atomic mass is 35.5. The number of amides is 1. The number of aryl methyl sites for hydroxylation is 3. The molecular weight excluding hydrogens is 579 g/mol. The zero-order valence-electron chi connectivity index (χ0n) is 22.5. The Morgan fingerprint density at radius 2 is 1.54 bits per heavy atom. The van der Waals surface area contributed by atoms with E-state index in [1.165, 1.54) is 12.1 Å². The second kappa shape index (κ2) is 12.0. The fourth-order valence-corrected chi connectivity index (χ4v) is 6.04. The van der Waals surface area contributed by atoms with Gasteiger partial charge in [0.2, 0.25) is 0 Å². The summed E-state index contributed by atoms with van der Waals surface area (Å²) in [6, 6.07) is 25.1. The predicted octanol–water partition coefficient (Wildman–Crippen LogP) is 7.89. The van der Waals surface area contributed by atoms with Crippen molar-refractivity contribution in [1.82, 2.24) is 9.71 Å². The van der Waals surface area contributed by atoms with Crippen molar-refractivity contribution in [3.8, 4) is 16.9 Å². The van der Waals surface area contributed by atoms with Gasteiger partial charge in [0, 0.05) is 20.9 Å². The van der Waals surface area contributed by atoms with Gasteiger partial charge in [0.15, 0.2) is 0 Å². The average molecular weight is 608 g/mol. The van der Waals surface area contributed by atoms with Gasteiger partial charge in [0.1, 0.15) is 11.4 Å². The molecule has 0 fully saturated rings. The Hall–Kier alpha value is -3.78. The van der Waals surface area contributed by atoms with Crippen LogP contribution in [0.5, 0.6) is 5.75 Å². The summed E-state index contributed by atoms with van der Waals surface area (Å²) in [7, 11) is -4.12. The van der Waals surface area contributed by atoms with Crippen LogP contribution < -0.4 is 9.46 Å². The first-order chi connectivity index (χ1) is 19.6. The molecule has 1 aromatic heterocycles. The Morgan fingerprint density at radius 3 is 2.22 bits per heavy atom. The maximum atomic E-state index is 13.4. The molecule has 0 unspecified atom stereocenters. The Balaban J connectivity index is 1.34. The van der Waals surface area contributed by atoms with Gasteiger partial charge in [0.25, 0.3) is 15.9 Å². The molecule has 0 saturated heterocycles. The van der Waals surface area contributed by atoms with E-state index >= 15 is 0 Å². The topological polar surface area (TPSA) is 88.3 Å². The van der Waals surface area contributed by atoms with Crippen LogP contribution in [0.3, 0.4) is 0 Å². The van der Waals surface area contributed by atoms with Crippen LogP contribution in [0.1, 0.15) is 33.6 Å². The smallest absolute Gasteiger partial charge is 0.281 e. The lowest BCUT2D eigenvalue weighted by Crippen LogP contribution is -2.31. The minimum atomic E-state index is -4.12. The number of nitrogens with one attached hydrogen (secondary N) is 2. The number of hydrogen-bond donors (Lipinski definition) is 2. The number of ether oxygens (including phenoxy) is 1. The molecule has 4 aromatic carbocycles. The second-order valence-electron chi connectivity index (χ2n) is 9.82. The van der Waals surface area contributed by atoms with Crippen molar-refractivity contribution in [3.05, 3.63) is 117 Å². The third kappa shape index (κ3) is 6.43. The van der Waals surface area contributed by atoms with E-state index in [-0.39, 0.29) is 10.6 Å². The van der Waals surface area contributed by atoms with Gasteiger partial charge in [0.05, 0.1) is 11.5 Å². The zero-order chi connectivity index (χ0) is 29.1. The second-order valence-corrected chi connectivity index (χ2v) is 12.3. The van der Waals surface area contributed by atoms with Gasteiger partial charge >= 0.3 is 0 Å². The molecule has 9 heteroatoms. The van der Waals surface area contributed by atoms with Gasteiger partial charge < -0.3 is 9.72 Å².